The summed E-state index contributed by atoms with van der Waals surface area (Å²) < 4.78 is 40.5. The van der Waals surface area contributed by atoms with Crippen LogP contribution in [-0.2, 0) is 0 Å². The number of halogens is 3. The second-order valence-corrected chi connectivity index (χ2v) is 7.06. The van der Waals surface area contributed by atoms with Gasteiger partial charge in [-0.1, -0.05) is 12.1 Å². The molecule has 3 aromatic rings. The third-order valence-electron chi connectivity index (χ3n) is 5.00. The Labute approximate surface area is 166 Å². The van der Waals surface area contributed by atoms with Crippen LogP contribution in [0.3, 0.4) is 0 Å². The van der Waals surface area contributed by atoms with Gasteiger partial charge in [0.15, 0.2) is 5.82 Å². The molecule has 1 aliphatic heterocycles. The largest absolute Gasteiger partial charge is 0.338 e. The van der Waals surface area contributed by atoms with E-state index >= 15 is 0 Å². The Morgan fingerprint density at radius 2 is 1.79 bits per heavy atom. The van der Waals surface area contributed by atoms with E-state index in [1.807, 2.05) is 0 Å². The highest BCUT2D eigenvalue weighted by molar-refractivity contribution is 5.94. The van der Waals surface area contributed by atoms with Gasteiger partial charge in [0, 0.05) is 48.1 Å². The summed E-state index contributed by atoms with van der Waals surface area (Å²) in [6.45, 7) is 0.895. The molecule has 0 N–H and O–H groups in total. The fraction of sp³-hybridized carbons (Fsp3) is 0.227. The lowest BCUT2D eigenvalue weighted by molar-refractivity contribution is 0.0705. The second kappa shape index (κ2) is 8.03. The van der Waals surface area contributed by atoms with Crippen LogP contribution in [-0.4, -0.2) is 33.9 Å². The van der Waals surface area contributed by atoms with Gasteiger partial charge in [0.05, 0.1) is 0 Å². The SMILES string of the molecule is O=C(c1cc(F)cc(F)c1)N1CCCC(c2ccnc(-c3cccc(F)c3)n2)C1. The molecule has 4 rings (SSSR count). The molecular formula is C22H18F3N3O. The highest BCUT2D eigenvalue weighted by atomic mass is 19.1. The van der Waals surface area contributed by atoms with Crippen LogP contribution >= 0.6 is 0 Å². The molecule has 0 aliphatic carbocycles. The molecule has 4 nitrogen and oxygen atoms in total. The molecule has 1 fully saturated rings. The minimum Gasteiger partial charge on any atom is -0.338 e. The number of likely N-dealkylation sites (tertiary alicyclic amines) is 1. The Bertz CT molecular complexity index is 1040. The minimum atomic E-state index is -0.780. The van der Waals surface area contributed by atoms with Crippen LogP contribution in [0.1, 0.15) is 34.8 Å². The van der Waals surface area contributed by atoms with Crippen LogP contribution in [0.25, 0.3) is 11.4 Å². The molecule has 2 aromatic carbocycles. The normalized spacial score (nSPS) is 16.7. The van der Waals surface area contributed by atoms with Gasteiger partial charge in [-0.25, -0.2) is 23.1 Å². The maximum absolute atomic E-state index is 13.5. The number of piperidine rings is 1. The van der Waals surface area contributed by atoms with E-state index < -0.39 is 17.5 Å². The van der Waals surface area contributed by atoms with Crippen molar-refractivity contribution in [2.75, 3.05) is 13.1 Å². The number of aromatic nitrogens is 2. The van der Waals surface area contributed by atoms with Gasteiger partial charge in [0.1, 0.15) is 17.5 Å². The molecule has 1 unspecified atom stereocenters. The molecule has 0 radical (unpaired) electrons. The van der Waals surface area contributed by atoms with Crippen molar-refractivity contribution in [1.29, 1.82) is 0 Å². The Morgan fingerprint density at radius 3 is 2.55 bits per heavy atom. The van der Waals surface area contributed by atoms with Gasteiger partial charge in [0.25, 0.3) is 5.91 Å². The summed E-state index contributed by atoms with van der Waals surface area (Å²) in [6, 6.07) is 10.7. The summed E-state index contributed by atoms with van der Waals surface area (Å²) in [7, 11) is 0. The van der Waals surface area contributed by atoms with E-state index in [2.05, 4.69) is 9.97 Å². The molecule has 148 valence electrons. The van der Waals surface area contributed by atoms with E-state index in [4.69, 9.17) is 0 Å². The van der Waals surface area contributed by atoms with Gasteiger partial charge in [-0.15, -0.1) is 0 Å². The Hall–Kier alpha value is -3.22. The topological polar surface area (TPSA) is 46.1 Å². The molecule has 1 amide bonds. The monoisotopic (exact) mass is 397 g/mol. The predicted octanol–water partition coefficient (Wildman–Crippen LogP) is 4.58. The van der Waals surface area contributed by atoms with Gasteiger partial charge in [-0.2, -0.15) is 0 Å². The van der Waals surface area contributed by atoms with Crippen LogP contribution in [0, 0.1) is 17.5 Å². The highest BCUT2D eigenvalue weighted by Gasteiger charge is 2.27. The first-order valence-corrected chi connectivity index (χ1v) is 9.34. The maximum atomic E-state index is 13.5. The van der Waals surface area contributed by atoms with Crippen molar-refractivity contribution in [2.24, 2.45) is 0 Å². The fourth-order valence-corrected chi connectivity index (χ4v) is 3.63. The Morgan fingerprint density at radius 1 is 1.00 bits per heavy atom. The number of hydrogen-bond acceptors (Lipinski definition) is 3. The van der Waals surface area contributed by atoms with E-state index in [0.29, 0.717) is 24.5 Å². The van der Waals surface area contributed by atoms with Crippen LogP contribution in [0.5, 0.6) is 0 Å². The number of hydrogen-bond donors (Lipinski definition) is 0. The Balaban J connectivity index is 1.55. The summed E-state index contributed by atoms with van der Waals surface area (Å²) in [5.41, 5.74) is 1.32. The van der Waals surface area contributed by atoms with Crippen molar-refractivity contribution in [3.63, 3.8) is 0 Å². The zero-order chi connectivity index (χ0) is 20.4. The lowest BCUT2D eigenvalue weighted by atomic mass is 9.94. The standard InChI is InChI=1S/C22H18F3N3O/c23-17-5-1-3-14(9-17)21-26-7-6-20(27-21)15-4-2-8-28(13-15)22(29)16-10-18(24)12-19(25)11-16/h1,3,5-7,9-12,15H,2,4,8,13H2. The van der Waals surface area contributed by atoms with E-state index in [1.54, 1.807) is 29.3 Å². The Kier molecular flexibility index (Phi) is 5.29. The van der Waals surface area contributed by atoms with E-state index in [1.165, 1.54) is 12.1 Å². The predicted molar refractivity (Wildman–Crippen MR) is 102 cm³/mol. The van der Waals surface area contributed by atoms with Crippen LogP contribution < -0.4 is 0 Å². The molecule has 7 heteroatoms. The number of rotatable bonds is 3. The average molecular weight is 397 g/mol. The lowest BCUT2D eigenvalue weighted by Gasteiger charge is -2.32. The van der Waals surface area contributed by atoms with Crippen molar-refractivity contribution in [3.05, 3.63) is 83.4 Å². The first-order valence-electron chi connectivity index (χ1n) is 9.34. The summed E-state index contributed by atoms with van der Waals surface area (Å²) in [6.07, 6.45) is 3.18. The molecular weight excluding hydrogens is 379 g/mol. The van der Waals surface area contributed by atoms with Gasteiger partial charge in [0.2, 0.25) is 0 Å². The number of carbonyl (C=O) groups excluding carboxylic acids is 1. The average Bonchev–Trinajstić information content (AvgIpc) is 2.73. The molecule has 1 aromatic heterocycles. The molecule has 0 bridgehead atoms. The number of amides is 1. The highest BCUT2D eigenvalue weighted by Crippen LogP contribution is 2.28. The molecule has 0 saturated carbocycles. The zero-order valence-corrected chi connectivity index (χ0v) is 15.5. The second-order valence-electron chi connectivity index (χ2n) is 7.06. The third-order valence-corrected chi connectivity index (χ3v) is 5.00. The molecule has 29 heavy (non-hydrogen) atoms. The fourth-order valence-electron chi connectivity index (χ4n) is 3.63. The summed E-state index contributed by atoms with van der Waals surface area (Å²) in [5, 5.41) is 0. The quantitative estimate of drug-likeness (QED) is 0.650. The van der Waals surface area contributed by atoms with Crippen molar-refractivity contribution in [2.45, 2.75) is 18.8 Å². The van der Waals surface area contributed by atoms with Gasteiger partial charge >= 0.3 is 0 Å². The van der Waals surface area contributed by atoms with Crippen molar-refractivity contribution >= 4 is 5.91 Å². The summed E-state index contributed by atoms with van der Waals surface area (Å²) >= 11 is 0. The molecule has 1 saturated heterocycles. The van der Waals surface area contributed by atoms with Crippen molar-refractivity contribution < 1.29 is 18.0 Å². The van der Waals surface area contributed by atoms with Crippen LogP contribution in [0.4, 0.5) is 13.2 Å². The summed E-state index contributed by atoms with van der Waals surface area (Å²) in [4.78, 5) is 23.1. The van der Waals surface area contributed by atoms with Gasteiger partial charge < -0.3 is 4.90 Å². The smallest absolute Gasteiger partial charge is 0.254 e. The maximum Gasteiger partial charge on any atom is 0.254 e. The van der Waals surface area contributed by atoms with Crippen LogP contribution in [0.15, 0.2) is 54.7 Å². The van der Waals surface area contributed by atoms with Gasteiger partial charge in [-0.3, -0.25) is 4.79 Å². The third kappa shape index (κ3) is 4.29. The molecule has 0 spiro atoms. The first-order chi connectivity index (χ1) is 14.0. The van der Waals surface area contributed by atoms with Gasteiger partial charge in [-0.05, 0) is 43.2 Å². The lowest BCUT2D eigenvalue weighted by Crippen LogP contribution is -2.39. The zero-order valence-electron chi connectivity index (χ0n) is 15.5. The number of nitrogens with zero attached hydrogens (tertiary/aromatic N) is 3. The molecule has 1 atom stereocenters. The minimum absolute atomic E-state index is 0.00807. The number of benzene rings is 2. The van der Waals surface area contributed by atoms with Crippen molar-refractivity contribution in [3.8, 4) is 11.4 Å². The van der Waals surface area contributed by atoms with Crippen molar-refractivity contribution in [1.82, 2.24) is 14.9 Å². The van der Waals surface area contributed by atoms with E-state index in [9.17, 15) is 18.0 Å². The van der Waals surface area contributed by atoms with E-state index in [-0.39, 0.29) is 17.3 Å². The summed E-state index contributed by atoms with van der Waals surface area (Å²) in [5.74, 6) is -1.96. The molecule has 1 aliphatic rings. The van der Waals surface area contributed by atoms with Crippen LogP contribution in [0.2, 0.25) is 0 Å². The first kappa shape index (κ1) is 19.1. The van der Waals surface area contributed by atoms with E-state index in [0.717, 1.165) is 36.7 Å². The molecule has 2 heterocycles. The number of carbonyl (C=O) groups is 1.